The number of fused-ring (bicyclic) bond motifs is 1. The Bertz CT molecular complexity index is 639. The van der Waals surface area contributed by atoms with Crippen LogP contribution >= 0.6 is 15.9 Å². The topological polar surface area (TPSA) is 35.1 Å². The summed E-state index contributed by atoms with van der Waals surface area (Å²) in [4.78, 5) is 11.9. The number of nitrogens with zero attached hydrogens (tertiary/aromatic N) is 1. The summed E-state index contributed by atoms with van der Waals surface area (Å²) in [6, 6.07) is 6.01. The molecule has 0 saturated carbocycles. The van der Waals surface area contributed by atoms with E-state index < -0.39 is 0 Å². The highest BCUT2D eigenvalue weighted by atomic mass is 79.9. The molecule has 1 unspecified atom stereocenters. The molecule has 4 heteroatoms. The Morgan fingerprint density at radius 3 is 2.63 bits per heavy atom. The molecule has 0 aliphatic heterocycles. The summed E-state index contributed by atoms with van der Waals surface area (Å²) in [5.41, 5.74) is 2.84. The molecule has 0 radical (unpaired) electrons. The van der Waals surface area contributed by atoms with Crippen molar-refractivity contribution in [2.24, 2.45) is 5.41 Å². The summed E-state index contributed by atoms with van der Waals surface area (Å²) in [6.07, 6.45) is 1.07. The molecule has 19 heavy (non-hydrogen) atoms. The minimum absolute atomic E-state index is 0.154. The van der Waals surface area contributed by atoms with Crippen molar-refractivity contribution in [3.8, 4) is 0 Å². The Kier molecular flexibility index (Phi) is 3.90. The van der Waals surface area contributed by atoms with Gasteiger partial charge in [0.25, 0.3) is 0 Å². The van der Waals surface area contributed by atoms with E-state index in [9.17, 15) is 4.79 Å². The van der Waals surface area contributed by atoms with Crippen LogP contribution in [0.1, 0.15) is 44.5 Å². The van der Waals surface area contributed by atoms with Crippen LogP contribution in [0.2, 0.25) is 0 Å². The molecule has 0 saturated heterocycles. The zero-order valence-corrected chi connectivity index (χ0v) is 13.5. The molecule has 0 amide bonds. The van der Waals surface area contributed by atoms with Crippen molar-refractivity contribution >= 4 is 27.0 Å². The van der Waals surface area contributed by atoms with Gasteiger partial charge in [0.05, 0.1) is 5.52 Å². The summed E-state index contributed by atoms with van der Waals surface area (Å²) < 4.78 is 6.96. The number of halogens is 1. The molecular weight excluding hydrogens is 306 g/mol. The molecule has 1 heterocycles. The molecule has 1 aromatic heterocycles. The van der Waals surface area contributed by atoms with Gasteiger partial charge in [-0.15, -0.1) is 0 Å². The van der Waals surface area contributed by atoms with Crippen molar-refractivity contribution in [2.75, 3.05) is 0 Å². The predicted octanol–water partition coefficient (Wildman–Crippen LogP) is 4.49. The van der Waals surface area contributed by atoms with Crippen molar-refractivity contribution in [1.29, 1.82) is 0 Å². The van der Waals surface area contributed by atoms with E-state index in [1.54, 1.807) is 4.57 Å². The van der Waals surface area contributed by atoms with Crippen LogP contribution in [0.4, 0.5) is 0 Å². The van der Waals surface area contributed by atoms with Gasteiger partial charge in [-0.25, -0.2) is 4.79 Å². The summed E-state index contributed by atoms with van der Waals surface area (Å²) in [7, 11) is 0. The first-order valence-electron chi connectivity index (χ1n) is 6.68. The van der Waals surface area contributed by atoms with Crippen LogP contribution in [0, 0.1) is 5.41 Å². The lowest BCUT2D eigenvalue weighted by molar-refractivity contribution is 0.346. The number of alkyl halides is 1. The maximum atomic E-state index is 11.7. The van der Waals surface area contributed by atoms with Crippen molar-refractivity contribution in [3.63, 3.8) is 0 Å². The van der Waals surface area contributed by atoms with Gasteiger partial charge in [-0.2, -0.15) is 0 Å². The highest BCUT2D eigenvalue weighted by molar-refractivity contribution is 9.09. The summed E-state index contributed by atoms with van der Waals surface area (Å²) in [5, 5.41) is 0. The van der Waals surface area contributed by atoms with E-state index in [2.05, 4.69) is 42.8 Å². The summed E-state index contributed by atoms with van der Waals surface area (Å²) in [5.74, 6) is -0.282. The van der Waals surface area contributed by atoms with Gasteiger partial charge >= 0.3 is 5.76 Å². The fourth-order valence-corrected chi connectivity index (χ4v) is 2.78. The van der Waals surface area contributed by atoms with Crippen molar-refractivity contribution in [1.82, 2.24) is 4.57 Å². The normalized spacial score (nSPS) is 13.9. The molecule has 104 valence electrons. The van der Waals surface area contributed by atoms with E-state index in [1.807, 2.05) is 19.1 Å². The van der Waals surface area contributed by atoms with E-state index in [-0.39, 0.29) is 16.0 Å². The molecule has 0 aliphatic rings. The maximum Gasteiger partial charge on any atom is 0.419 e. The average Bonchev–Trinajstić information content (AvgIpc) is 2.71. The lowest BCUT2D eigenvalue weighted by Crippen LogP contribution is -2.16. The number of oxazole rings is 1. The Balaban J connectivity index is 2.51. The third kappa shape index (κ3) is 2.50. The smallest absolute Gasteiger partial charge is 0.408 e. The average molecular weight is 326 g/mol. The van der Waals surface area contributed by atoms with Crippen LogP contribution < -0.4 is 5.76 Å². The number of aromatic nitrogens is 1. The molecule has 0 spiro atoms. The Morgan fingerprint density at radius 2 is 2.05 bits per heavy atom. The first-order chi connectivity index (χ1) is 8.90. The van der Waals surface area contributed by atoms with E-state index >= 15 is 0 Å². The highest BCUT2D eigenvalue weighted by Crippen LogP contribution is 2.43. The number of aryl methyl sites for hydroxylation is 1. The number of hydrogen-bond donors (Lipinski definition) is 0. The van der Waals surface area contributed by atoms with Gasteiger partial charge in [0.2, 0.25) is 0 Å². The first kappa shape index (κ1) is 14.4. The molecule has 0 N–H and O–H groups in total. The van der Waals surface area contributed by atoms with Gasteiger partial charge in [0, 0.05) is 11.4 Å². The summed E-state index contributed by atoms with van der Waals surface area (Å²) in [6.45, 7) is 9.20. The molecule has 1 atom stereocenters. The molecule has 3 nitrogen and oxygen atoms in total. The minimum atomic E-state index is -0.282. The second kappa shape index (κ2) is 5.16. The molecule has 2 rings (SSSR count). The third-order valence-corrected chi connectivity index (χ3v) is 5.67. The second-order valence-electron chi connectivity index (χ2n) is 5.54. The maximum absolute atomic E-state index is 11.7. The Labute approximate surface area is 121 Å². The van der Waals surface area contributed by atoms with Gasteiger partial charge < -0.3 is 4.42 Å². The van der Waals surface area contributed by atoms with Crippen LogP contribution in [0.3, 0.4) is 0 Å². The molecule has 0 bridgehead atoms. The van der Waals surface area contributed by atoms with E-state index in [0.717, 1.165) is 17.5 Å². The van der Waals surface area contributed by atoms with Crippen LogP contribution in [0.15, 0.2) is 27.4 Å². The van der Waals surface area contributed by atoms with Crippen LogP contribution in [-0.2, 0) is 6.54 Å². The van der Waals surface area contributed by atoms with Crippen LogP contribution in [0.25, 0.3) is 11.1 Å². The van der Waals surface area contributed by atoms with E-state index in [0.29, 0.717) is 12.1 Å². The van der Waals surface area contributed by atoms with Gasteiger partial charge in [-0.3, -0.25) is 4.57 Å². The van der Waals surface area contributed by atoms with E-state index in [4.69, 9.17) is 4.42 Å². The van der Waals surface area contributed by atoms with Gasteiger partial charge in [-0.05, 0) is 36.5 Å². The first-order valence-corrected chi connectivity index (χ1v) is 7.59. The molecule has 0 aliphatic carbocycles. The van der Waals surface area contributed by atoms with Crippen LogP contribution in [-0.4, -0.2) is 4.57 Å². The van der Waals surface area contributed by atoms with Gasteiger partial charge in [0.15, 0.2) is 5.58 Å². The van der Waals surface area contributed by atoms with E-state index in [1.165, 1.54) is 0 Å². The Morgan fingerprint density at radius 1 is 1.37 bits per heavy atom. The number of rotatable bonds is 4. The van der Waals surface area contributed by atoms with Crippen LogP contribution in [0.5, 0.6) is 0 Å². The zero-order chi connectivity index (χ0) is 14.2. The third-order valence-electron chi connectivity index (χ3n) is 3.90. The molecule has 1 aromatic carbocycles. The zero-order valence-electron chi connectivity index (χ0n) is 11.9. The monoisotopic (exact) mass is 325 g/mol. The quantitative estimate of drug-likeness (QED) is 0.776. The van der Waals surface area contributed by atoms with Crippen molar-refractivity contribution in [2.45, 2.75) is 45.5 Å². The molecule has 0 fully saturated rings. The van der Waals surface area contributed by atoms with Crippen molar-refractivity contribution < 1.29 is 4.42 Å². The second-order valence-corrected chi connectivity index (χ2v) is 6.46. The minimum Gasteiger partial charge on any atom is -0.408 e. The fourth-order valence-electron chi connectivity index (χ4n) is 2.17. The fraction of sp³-hybridized carbons (Fsp3) is 0.533. The lowest BCUT2D eigenvalue weighted by atomic mass is 9.83. The van der Waals surface area contributed by atoms with Gasteiger partial charge in [-0.1, -0.05) is 42.8 Å². The number of hydrogen-bond acceptors (Lipinski definition) is 2. The lowest BCUT2D eigenvalue weighted by Gasteiger charge is -2.29. The van der Waals surface area contributed by atoms with Gasteiger partial charge in [0.1, 0.15) is 0 Å². The molecule has 2 aromatic rings. The Hall–Kier alpha value is -1.03. The largest absolute Gasteiger partial charge is 0.419 e. The SMILES string of the molecule is CCn1c(=O)oc2cc(C(Br)C(C)(C)CC)ccc21. The predicted molar refractivity (Wildman–Crippen MR) is 81.9 cm³/mol. The molecular formula is C15H20BrNO2. The standard InChI is InChI=1S/C15H20BrNO2/c1-5-15(3,4)13(16)10-7-8-11-12(9-10)19-14(18)17(11)6-2/h7-9,13H,5-6H2,1-4H3. The number of benzene rings is 1. The summed E-state index contributed by atoms with van der Waals surface area (Å²) >= 11 is 3.77. The van der Waals surface area contributed by atoms with Crippen molar-refractivity contribution in [3.05, 3.63) is 34.3 Å². The highest BCUT2D eigenvalue weighted by Gasteiger charge is 2.27.